The molecule has 1 fully saturated rings. The van der Waals surface area contributed by atoms with Crippen LogP contribution in [0.15, 0.2) is 58.2 Å². The van der Waals surface area contributed by atoms with Crippen molar-refractivity contribution in [2.75, 3.05) is 42.7 Å². The average molecular weight is 468 g/mol. The van der Waals surface area contributed by atoms with Gasteiger partial charge in [0.15, 0.2) is 21.3 Å². The number of anilines is 2. The quantitative estimate of drug-likeness (QED) is 0.529. The van der Waals surface area contributed by atoms with Crippen LogP contribution in [-0.2, 0) is 14.6 Å². The summed E-state index contributed by atoms with van der Waals surface area (Å²) in [4.78, 5) is 32.0. The number of nitrogens with one attached hydrogen (secondary N) is 2. The van der Waals surface area contributed by atoms with Crippen molar-refractivity contribution in [2.24, 2.45) is 0 Å². The summed E-state index contributed by atoms with van der Waals surface area (Å²) in [5, 5.41) is 5.81. The molecule has 0 aliphatic carbocycles. The minimum Gasteiger partial charge on any atom is -0.352 e. The van der Waals surface area contributed by atoms with Crippen molar-refractivity contribution in [3.8, 4) is 17.1 Å². The first-order chi connectivity index (χ1) is 15.8. The second-order valence-electron chi connectivity index (χ2n) is 7.91. The Hall–Kier alpha value is -3.50. The van der Waals surface area contributed by atoms with Crippen LogP contribution < -0.4 is 21.1 Å². The average Bonchev–Trinajstić information content (AvgIpc) is 2.81. The maximum atomic E-state index is 13.7. The number of hydrogen-bond donors (Lipinski definition) is 2. The molecule has 33 heavy (non-hydrogen) atoms. The fraction of sp³-hybridized carbons (Fsp3) is 0.261. The Kier molecular flexibility index (Phi) is 6.30. The Bertz CT molecular complexity index is 1330. The minimum absolute atomic E-state index is 0.101. The van der Waals surface area contributed by atoms with Crippen molar-refractivity contribution >= 4 is 27.8 Å². The Morgan fingerprint density at radius 2 is 1.67 bits per heavy atom. The first-order valence-electron chi connectivity index (χ1n) is 10.5. The number of hydrogen-bond acceptors (Lipinski definition) is 7. The van der Waals surface area contributed by atoms with Crippen LogP contribution in [0.2, 0.25) is 0 Å². The van der Waals surface area contributed by atoms with Gasteiger partial charge in [0, 0.05) is 38.0 Å². The molecular formula is C23H25N5O4S. The Morgan fingerprint density at radius 1 is 1.03 bits per heavy atom. The van der Waals surface area contributed by atoms with Gasteiger partial charge < -0.3 is 15.5 Å². The second-order valence-corrected chi connectivity index (χ2v) is 9.92. The zero-order valence-corrected chi connectivity index (χ0v) is 19.2. The number of rotatable bonds is 6. The summed E-state index contributed by atoms with van der Waals surface area (Å²) < 4.78 is 25.3. The molecular weight excluding hydrogens is 442 g/mol. The summed E-state index contributed by atoms with van der Waals surface area (Å²) in [6, 6.07) is 13.7. The third-order valence-corrected chi connectivity index (χ3v) is 6.65. The van der Waals surface area contributed by atoms with E-state index in [9.17, 15) is 18.0 Å². The van der Waals surface area contributed by atoms with E-state index < -0.39 is 15.4 Å². The number of nitrogens with zero attached hydrogens (tertiary/aromatic N) is 3. The molecule has 0 atom stereocenters. The summed E-state index contributed by atoms with van der Waals surface area (Å²) in [5.41, 5.74) is 1.87. The molecule has 2 heterocycles. The predicted molar refractivity (Wildman–Crippen MR) is 128 cm³/mol. The smallest absolute Gasteiger partial charge is 0.284 e. The largest absolute Gasteiger partial charge is 0.352 e. The topological polar surface area (TPSA) is 113 Å². The molecule has 0 saturated carbocycles. The van der Waals surface area contributed by atoms with Gasteiger partial charge in [-0.2, -0.15) is 0 Å². The molecule has 2 N–H and O–H groups in total. The van der Waals surface area contributed by atoms with Crippen molar-refractivity contribution in [3.05, 3.63) is 64.4 Å². The van der Waals surface area contributed by atoms with Crippen LogP contribution in [0, 0.1) is 6.92 Å². The molecule has 1 aliphatic rings. The van der Waals surface area contributed by atoms with Crippen LogP contribution in [-0.4, -0.2) is 56.8 Å². The highest BCUT2D eigenvalue weighted by atomic mass is 32.2. The van der Waals surface area contributed by atoms with Gasteiger partial charge in [-0.1, -0.05) is 17.7 Å². The molecule has 0 bridgehead atoms. The number of sulfone groups is 1. The van der Waals surface area contributed by atoms with Gasteiger partial charge in [0.05, 0.1) is 10.6 Å². The van der Waals surface area contributed by atoms with E-state index in [2.05, 4.69) is 10.6 Å². The number of carbonyl (C=O) groups is 1. The lowest BCUT2D eigenvalue weighted by Gasteiger charge is -2.30. The van der Waals surface area contributed by atoms with E-state index in [1.807, 2.05) is 36.1 Å². The highest BCUT2D eigenvalue weighted by Gasteiger charge is 2.24. The molecule has 1 aromatic heterocycles. The molecule has 3 aromatic rings. The third kappa shape index (κ3) is 4.67. The summed E-state index contributed by atoms with van der Waals surface area (Å²) >= 11 is 0. The van der Waals surface area contributed by atoms with Gasteiger partial charge in [0.2, 0.25) is 6.41 Å². The standard InChI is InChI=1S/C23H25N5O4S/c1-16-3-7-18(8-4-16)28-21(17-5-9-19(10-6-17)33(2,31)32)26-22(20(23(28)30)25-15-29)27-13-11-24-12-14-27/h3-10,15,24H,11-14H2,1-2H3,(H,25,29). The lowest BCUT2D eigenvalue weighted by Crippen LogP contribution is -2.45. The number of aromatic nitrogens is 2. The van der Waals surface area contributed by atoms with Gasteiger partial charge in [-0.15, -0.1) is 0 Å². The van der Waals surface area contributed by atoms with Gasteiger partial charge in [0.25, 0.3) is 5.56 Å². The van der Waals surface area contributed by atoms with Crippen molar-refractivity contribution in [1.82, 2.24) is 14.9 Å². The van der Waals surface area contributed by atoms with E-state index in [0.717, 1.165) is 24.9 Å². The monoisotopic (exact) mass is 467 g/mol. The molecule has 2 aromatic carbocycles. The Labute approximate surface area is 192 Å². The van der Waals surface area contributed by atoms with Crippen LogP contribution in [0.3, 0.4) is 0 Å². The van der Waals surface area contributed by atoms with Gasteiger partial charge >= 0.3 is 0 Å². The van der Waals surface area contributed by atoms with E-state index in [1.165, 1.54) is 16.7 Å². The van der Waals surface area contributed by atoms with Crippen molar-refractivity contribution < 1.29 is 13.2 Å². The van der Waals surface area contributed by atoms with Gasteiger partial charge in [-0.05, 0) is 43.3 Å². The number of benzene rings is 2. The van der Waals surface area contributed by atoms with Crippen molar-refractivity contribution in [2.45, 2.75) is 11.8 Å². The summed E-state index contributed by atoms with van der Waals surface area (Å²) in [5.74, 6) is 0.744. The van der Waals surface area contributed by atoms with Crippen LogP contribution >= 0.6 is 0 Å². The molecule has 1 saturated heterocycles. The third-order valence-electron chi connectivity index (χ3n) is 5.52. The first-order valence-corrected chi connectivity index (χ1v) is 12.4. The van der Waals surface area contributed by atoms with Crippen LogP contribution in [0.1, 0.15) is 5.56 Å². The summed E-state index contributed by atoms with van der Waals surface area (Å²) in [6.07, 6.45) is 1.62. The molecule has 10 heteroatoms. The molecule has 0 spiro atoms. The van der Waals surface area contributed by atoms with E-state index in [-0.39, 0.29) is 10.6 Å². The Morgan fingerprint density at radius 3 is 2.24 bits per heavy atom. The number of amides is 1. The lowest BCUT2D eigenvalue weighted by molar-refractivity contribution is -0.105. The number of aryl methyl sites for hydroxylation is 1. The molecule has 1 aliphatic heterocycles. The minimum atomic E-state index is -3.37. The lowest BCUT2D eigenvalue weighted by atomic mass is 10.1. The van der Waals surface area contributed by atoms with Crippen molar-refractivity contribution in [3.63, 3.8) is 0 Å². The second kappa shape index (κ2) is 9.16. The molecule has 0 unspecified atom stereocenters. The molecule has 172 valence electrons. The first kappa shape index (κ1) is 22.7. The van der Waals surface area contributed by atoms with Gasteiger partial charge in [-0.3, -0.25) is 14.2 Å². The van der Waals surface area contributed by atoms with Crippen LogP contribution in [0.25, 0.3) is 17.1 Å². The van der Waals surface area contributed by atoms with Gasteiger partial charge in [-0.25, -0.2) is 13.4 Å². The highest BCUT2D eigenvalue weighted by Crippen LogP contribution is 2.28. The normalized spacial score (nSPS) is 14.2. The molecule has 9 nitrogen and oxygen atoms in total. The number of carbonyl (C=O) groups excluding carboxylic acids is 1. The fourth-order valence-corrected chi connectivity index (χ4v) is 4.41. The maximum Gasteiger partial charge on any atom is 0.284 e. The van der Waals surface area contributed by atoms with E-state index in [1.54, 1.807) is 12.1 Å². The molecule has 0 radical (unpaired) electrons. The Balaban J connectivity index is 1.99. The van der Waals surface area contributed by atoms with E-state index >= 15 is 0 Å². The zero-order valence-electron chi connectivity index (χ0n) is 18.4. The predicted octanol–water partition coefficient (Wildman–Crippen LogP) is 1.59. The van der Waals surface area contributed by atoms with Crippen molar-refractivity contribution in [1.29, 1.82) is 0 Å². The van der Waals surface area contributed by atoms with Gasteiger partial charge in [0.1, 0.15) is 5.82 Å². The van der Waals surface area contributed by atoms with Crippen LogP contribution in [0.5, 0.6) is 0 Å². The SMILES string of the molecule is Cc1ccc(-n2c(-c3ccc(S(C)(=O)=O)cc3)nc(N3CCNCC3)c(NC=O)c2=O)cc1. The maximum absolute atomic E-state index is 13.7. The summed E-state index contributed by atoms with van der Waals surface area (Å²) in [6.45, 7) is 4.65. The highest BCUT2D eigenvalue weighted by molar-refractivity contribution is 7.90. The zero-order chi connectivity index (χ0) is 23.6. The molecule has 1 amide bonds. The van der Waals surface area contributed by atoms with Crippen LogP contribution in [0.4, 0.5) is 11.5 Å². The molecule has 4 rings (SSSR count). The fourth-order valence-electron chi connectivity index (χ4n) is 3.78. The van der Waals surface area contributed by atoms with E-state index in [4.69, 9.17) is 4.98 Å². The number of piperazine rings is 1. The summed E-state index contributed by atoms with van der Waals surface area (Å²) in [7, 11) is -3.37. The van der Waals surface area contributed by atoms with E-state index in [0.29, 0.717) is 42.4 Å².